The normalized spacial score (nSPS) is 12.7. The number of rotatable bonds is 4. The van der Waals surface area contributed by atoms with Gasteiger partial charge in [0.1, 0.15) is 0 Å². The Labute approximate surface area is 105 Å². The summed E-state index contributed by atoms with van der Waals surface area (Å²) in [5.74, 6) is 0. The molecule has 0 heterocycles. The average Bonchev–Trinajstić information content (AvgIpc) is 2.17. The Balaban J connectivity index is 3.69. The van der Waals surface area contributed by atoms with Gasteiger partial charge < -0.3 is 5.11 Å². The fourth-order valence-corrected chi connectivity index (χ4v) is 3.15. The zero-order chi connectivity index (χ0) is 14.1. The van der Waals surface area contributed by atoms with Gasteiger partial charge in [-0.05, 0) is 36.6 Å². The van der Waals surface area contributed by atoms with Crippen LogP contribution in [0.15, 0.2) is 21.9 Å². The summed E-state index contributed by atoms with van der Waals surface area (Å²) in [6.45, 7) is 1.16. The third kappa shape index (κ3) is 3.27. The molecule has 0 aromatic heterocycles. The highest BCUT2D eigenvalue weighted by atomic mass is 32.2. The van der Waals surface area contributed by atoms with Crippen molar-refractivity contribution in [3.8, 4) is 0 Å². The SMILES string of the molecule is Cc1cc(S(=O)(=O)O)cc(S(N)(=O)=O)c1CCO. The number of hydrogen-bond acceptors (Lipinski definition) is 5. The van der Waals surface area contributed by atoms with Crippen molar-refractivity contribution in [2.24, 2.45) is 5.14 Å². The van der Waals surface area contributed by atoms with E-state index in [9.17, 15) is 16.8 Å². The van der Waals surface area contributed by atoms with Gasteiger partial charge in [0.15, 0.2) is 0 Å². The molecule has 18 heavy (non-hydrogen) atoms. The molecule has 0 aliphatic carbocycles. The van der Waals surface area contributed by atoms with Gasteiger partial charge in [0, 0.05) is 6.61 Å². The van der Waals surface area contributed by atoms with E-state index in [-0.39, 0.29) is 18.6 Å². The Kier molecular flexibility index (Phi) is 4.13. The number of aryl methyl sites for hydroxylation is 1. The summed E-state index contributed by atoms with van der Waals surface area (Å²) < 4.78 is 53.7. The number of aliphatic hydroxyl groups excluding tert-OH is 1. The maximum Gasteiger partial charge on any atom is 0.294 e. The van der Waals surface area contributed by atoms with Crippen LogP contribution in [0.2, 0.25) is 0 Å². The predicted molar refractivity (Wildman–Crippen MR) is 63.2 cm³/mol. The summed E-state index contributed by atoms with van der Waals surface area (Å²) in [6.07, 6.45) is 0.0172. The molecule has 1 aromatic rings. The molecule has 0 unspecified atom stereocenters. The molecule has 0 radical (unpaired) electrons. The molecule has 1 rings (SSSR count). The summed E-state index contributed by atoms with van der Waals surface area (Å²) in [4.78, 5) is -0.963. The van der Waals surface area contributed by atoms with Gasteiger partial charge in [-0.2, -0.15) is 8.42 Å². The quantitative estimate of drug-likeness (QED) is 0.636. The predicted octanol–water partition coefficient (Wildman–Crippen LogP) is -0.576. The zero-order valence-corrected chi connectivity index (χ0v) is 11.1. The summed E-state index contributed by atoms with van der Waals surface area (Å²) in [7, 11) is -8.67. The van der Waals surface area contributed by atoms with Crippen molar-refractivity contribution >= 4 is 20.1 Å². The third-order valence-electron chi connectivity index (χ3n) is 2.37. The fourth-order valence-electron chi connectivity index (χ4n) is 1.59. The highest BCUT2D eigenvalue weighted by molar-refractivity contribution is 7.89. The monoisotopic (exact) mass is 295 g/mol. The molecule has 4 N–H and O–H groups in total. The first-order chi connectivity index (χ1) is 8.07. The van der Waals surface area contributed by atoms with Crippen LogP contribution in [0.4, 0.5) is 0 Å². The number of primary sulfonamides is 1. The van der Waals surface area contributed by atoms with Crippen molar-refractivity contribution in [1.29, 1.82) is 0 Å². The molecule has 0 fully saturated rings. The van der Waals surface area contributed by atoms with Gasteiger partial charge in [0.2, 0.25) is 10.0 Å². The summed E-state index contributed by atoms with van der Waals surface area (Å²) >= 11 is 0. The van der Waals surface area contributed by atoms with Crippen LogP contribution in [0.5, 0.6) is 0 Å². The van der Waals surface area contributed by atoms with Gasteiger partial charge in [-0.25, -0.2) is 13.6 Å². The van der Waals surface area contributed by atoms with E-state index in [1.165, 1.54) is 6.92 Å². The van der Waals surface area contributed by atoms with Crippen LogP contribution >= 0.6 is 0 Å². The van der Waals surface area contributed by atoms with Crippen LogP contribution in [-0.4, -0.2) is 33.1 Å². The number of benzene rings is 1. The Morgan fingerprint density at radius 3 is 2.17 bits per heavy atom. The standard InChI is InChI=1S/C9H13NO6S2/c1-6-4-7(18(14,15)16)5-9(17(10,12)13)8(6)2-3-11/h4-5,11H,2-3H2,1H3,(H2,10,12,13)(H,14,15,16). The Morgan fingerprint density at radius 1 is 1.22 bits per heavy atom. The second kappa shape index (κ2) is 4.94. The van der Waals surface area contributed by atoms with E-state index < -0.39 is 29.9 Å². The number of sulfonamides is 1. The lowest BCUT2D eigenvalue weighted by molar-refractivity contribution is 0.298. The molecular weight excluding hydrogens is 282 g/mol. The van der Waals surface area contributed by atoms with Gasteiger partial charge in [0.05, 0.1) is 9.79 Å². The second-order valence-electron chi connectivity index (χ2n) is 3.71. The van der Waals surface area contributed by atoms with Gasteiger partial charge >= 0.3 is 0 Å². The van der Waals surface area contributed by atoms with Crippen molar-refractivity contribution in [2.45, 2.75) is 23.1 Å². The van der Waals surface area contributed by atoms with E-state index in [1.807, 2.05) is 0 Å². The molecule has 7 nitrogen and oxygen atoms in total. The number of hydrogen-bond donors (Lipinski definition) is 3. The first-order valence-electron chi connectivity index (χ1n) is 4.82. The molecule has 0 atom stereocenters. The lowest BCUT2D eigenvalue weighted by Gasteiger charge is -2.11. The van der Waals surface area contributed by atoms with Gasteiger partial charge in [0.25, 0.3) is 10.1 Å². The van der Waals surface area contributed by atoms with E-state index in [4.69, 9.17) is 14.8 Å². The molecule has 0 aliphatic rings. The fraction of sp³-hybridized carbons (Fsp3) is 0.333. The van der Waals surface area contributed by atoms with Crippen LogP contribution < -0.4 is 5.14 Å². The molecule has 0 spiro atoms. The second-order valence-corrected chi connectivity index (χ2v) is 6.66. The Morgan fingerprint density at radius 2 is 1.78 bits per heavy atom. The maximum atomic E-state index is 11.4. The van der Waals surface area contributed by atoms with E-state index in [0.717, 1.165) is 12.1 Å². The van der Waals surface area contributed by atoms with Gasteiger partial charge in [-0.3, -0.25) is 4.55 Å². The van der Waals surface area contributed by atoms with Gasteiger partial charge in [-0.1, -0.05) is 0 Å². The maximum absolute atomic E-state index is 11.4. The molecule has 1 aromatic carbocycles. The van der Waals surface area contributed by atoms with Crippen LogP contribution in [0.1, 0.15) is 11.1 Å². The van der Waals surface area contributed by atoms with E-state index in [0.29, 0.717) is 5.56 Å². The van der Waals surface area contributed by atoms with Crippen molar-refractivity contribution in [3.63, 3.8) is 0 Å². The highest BCUT2D eigenvalue weighted by Gasteiger charge is 2.21. The smallest absolute Gasteiger partial charge is 0.294 e. The summed E-state index contributed by atoms with van der Waals surface area (Å²) in [6, 6.07) is 1.90. The molecular formula is C9H13NO6S2. The number of aliphatic hydroxyl groups is 1. The first-order valence-corrected chi connectivity index (χ1v) is 7.80. The van der Waals surface area contributed by atoms with E-state index >= 15 is 0 Å². The molecule has 0 bridgehead atoms. The van der Waals surface area contributed by atoms with Crippen LogP contribution in [-0.2, 0) is 26.6 Å². The Bertz CT molecular complexity index is 663. The highest BCUT2D eigenvalue weighted by Crippen LogP contribution is 2.24. The molecule has 102 valence electrons. The van der Waals surface area contributed by atoms with Crippen LogP contribution in [0.25, 0.3) is 0 Å². The van der Waals surface area contributed by atoms with Crippen LogP contribution in [0, 0.1) is 6.92 Å². The lowest BCUT2D eigenvalue weighted by atomic mass is 10.1. The van der Waals surface area contributed by atoms with Crippen molar-refractivity contribution < 1.29 is 26.5 Å². The topological polar surface area (TPSA) is 135 Å². The molecule has 0 saturated heterocycles. The van der Waals surface area contributed by atoms with Gasteiger partial charge in [-0.15, -0.1) is 0 Å². The van der Waals surface area contributed by atoms with Crippen molar-refractivity contribution in [2.75, 3.05) is 6.61 Å². The minimum Gasteiger partial charge on any atom is -0.396 e. The van der Waals surface area contributed by atoms with Crippen molar-refractivity contribution in [1.82, 2.24) is 0 Å². The Hall–Kier alpha value is -1.00. The molecule has 0 aliphatic heterocycles. The largest absolute Gasteiger partial charge is 0.396 e. The third-order valence-corrected chi connectivity index (χ3v) is 4.18. The molecule has 0 amide bonds. The van der Waals surface area contributed by atoms with E-state index in [1.54, 1.807) is 0 Å². The first kappa shape index (κ1) is 15.1. The minimum atomic E-state index is -4.52. The lowest BCUT2D eigenvalue weighted by Crippen LogP contribution is -2.17. The summed E-state index contributed by atoms with van der Waals surface area (Å²) in [5, 5.41) is 13.8. The molecule has 0 saturated carbocycles. The van der Waals surface area contributed by atoms with E-state index in [2.05, 4.69) is 0 Å². The molecule has 9 heteroatoms. The number of nitrogens with two attached hydrogens (primary N) is 1. The zero-order valence-electron chi connectivity index (χ0n) is 9.49. The average molecular weight is 295 g/mol. The van der Waals surface area contributed by atoms with Crippen molar-refractivity contribution in [3.05, 3.63) is 23.3 Å². The van der Waals surface area contributed by atoms with Crippen LogP contribution in [0.3, 0.4) is 0 Å². The summed E-state index contributed by atoms with van der Waals surface area (Å²) in [5.41, 5.74) is 0.538. The minimum absolute atomic E-state index is 0.0172.